The third-order valence-electron chi connectivity index (χ3n) is 5.72. The van der Waals surface area contributed by atoms with Crippen LogP contribution in [0.5, 0.6) is 28.7 Å². The summed E-state index contributed by atoms with van der Waals surface area (Å²) in [6, 6.07) is 9.14. The Balaban J connectivity index is 2.03. The van der Waals surface area contributed by atoms with Crippen LogP contribution < -0.4 is 18.9 Å². The molecule has 0 bridgehead atoms. The summed E-state index contributed by atoms with van der Waals surface area (Å²) in [5.41, 5.74) is 1.88. The third kappa shape index (κ3) is 6.61. The quantitative estimate of drug-likeness (QED) is 0.320. The van der Waals surface area contributed by atoms with Crippen molar-refractivity contribution < 1.29 is 29.2 Å². The van der Waals surface area contributed by atoms with Gasteiger partial charge in [0.05, 0.1) is 20.8 Å². The first kappa shape index (κ1) is 28.0. The van der Waals surface area contributed by atoms with Crippen molar-refractivity contribution in [1.29, 1.82) is 0 Å². The number of hydrogen-bond acceptors (Lipinski definition) is 9. The van der Waals surface area contributed by atoms with Gasteiger partial charge >= 0.3 is 0 Å². The summed E-state index contributed by atoms with van der Waals surface area (Å²) in [6.07, 6.45) is -1.21. The molecule has 0 aliphatic carbocycles. The van der Waals surface area contributed by atoms with Crippen LogP contribution >= 0.6 is 35.3 Å². The number of rotatable bonds is 13. The van der Waals surface area contributed by atoms with Gasteiger partial charge < -0.3 is 29.2 Å². The van der Waals surface area contributed by atoms with Gasteiger partial charge in [-0.15, -0.1) is 0 Å². The zero-order chi connectivity index (χ0) is 25.4. The lowest BCUT2D eigenvalue weighted by Crippen LogP contribution is -2.36. The normalized spacial score (nSPS) is 18.7. The Hall–Kier alpha value is -1.55. The first-order valence-electron chi connectivity index (χ1n) is 11.8. The van der Waals surface area contributed by atoms with Gasteiger partial charge in [0.2, 0.25) is 5.75 Å². The highest BCUT2D eigenvalue weighted by Crippen LogP contribution is 2.50. The number of fused-ring (bicyclic) bond motifs is 1. The van der Waals surface area contributed by atoms with Gasteiger partial charge in [-0.25, -0.2) is 0 Å². The van der Waals surface area contributed by atoms with Crippen LogP contribution in [0.25, 0.3) is 0 Å². The monoisotopic (exact) mass is 540 g/mol. The number of methoxy groups -OCH3 is 2. The summed E-state index contributed by atoms with van der Waals surface area (Å²) in [7, 11) is 3.13. The van der Waals surface area contributed by atoms with E-state index in [1.54, 1.807) is 25.3 Å². The third-order valence-corrected chi connectivity index (χ3v) is 9.60. The van der Waals surface area contributed by atoms with Crippen molar-refractivity contribution in [3.8, 4) is 28.7 Å². The van der Waals surface area contributed by atoms with E-state index in [0.717, 1.165) is 34.1 Å². The zero-order valence-corrected chi connectivity index (χ0v) is 23.4. The molecule has 2 aromatic rings. The Bertz CT molecular complexity index is 957. The van der Waals surface area contributed by atoms with E-state index in [2.05, 4.69) is 26.8 Å². The maximum Gasteiger partial charge on any atom is 0.204 e. The summed E-state index contributed by atoms with van der Waals surface area (Å²) in [6.45, 7) is 6.35. The zero-order valence-electron chi connectivity index (χ0n) is 21.0. The van der Waals surface area contributed by atoms with Crippen molar-refractivity contribution in [1.82, 2.24) is 0 Å². The van der Waals surface area contributed by atoms with Crippen LogP contribution in [0.15, 0.2) is 30.3 Å². The molecular formula is C26H36O6S3. The predicted octanol–water partition coefficient (Wildman–Crippen LogP) is 5.95. The van der Waals surface area contributed by atoms with E-state index in [1.165, 1.54) is 7.11 Å². The average molecular weight is 541 g/mol. The number of ether oxygens (including phenoxy) is 4. The Morgan fingerprint density at radius 1 is 0.943 bits per heavy atom. The molecule has 1 aliphatic rings. The minimum Gasteiger partial charge on any atom is -0.504 e. The number of hydrogen-bond donors (Lipinski definition) is 2. The van der Waals surface area contributed by atoms with Gasteiger partial charge in [-0.2, -0.15) is 35.3 Å². The minimum absolute atomic E-state index is 0.0433. The first-order chi connectivity index (χ1) is 17.0. The molecule has 194 valence electrons. The molecule has 0 radical (unpaired) electrons. The molecule has 2 N–H and O–H groups in total. The molecule has 1 heterocycles. The summed E-state index contributed by atoms with van der Waals surface area (Å²) in [5, 5.41) is 20.8. The van der Waals surface area contributed by atoms with Gasteiger partial charge in [0.25, 0.3) is 0 Å². The number of thioether (sulfide) groups is 3. The fourth-order valence-electron chi connectivity index (χ4n) is 4.10. The Labute approximate surface area is 221 Å². The first-order valence-corrected chi connectivity index (χ1v) is 15.1. The van der Waals surface area contributed by atoms with Crippen molar-refractivity contribution in [2.75, 3.05) is 43.8 Å². The summed E-state index contributed by atoms with van der Waals surface area (Å²) in [5.74, 6) is 6.30. The highest BCUT2D eigenvalue weighted by Gasteiger charge is 2.36. The maximum atomic E-state index is 10.1. The van der Waals surface area contributed by atoms with Crippen molar-refractivity contribution in [3.05, 3.63) is 41.5 Å². The number of phenols is 1. The van der Waals surface area contributed by atoms with E-state index >= 15 is 0 Å². The molecule has 0 aromatic heterocycles. The van der Waals surface area contributed by atoms with Gasteiger partial charge in [0, 0.05) is 21.8 Å². The predicted molar refractivity (Wildman–Crippen MR) is 148 cm³/mol. The van der Waals surface area contributed by atoms with Crippen molar-refractivity contribution >= 4 is 35.3 Å². The molecule has 4 unspecified atom stereocenters. The van der Waals surface area contributed by atoms with Crippen LogP contribution in [0.2, 0.25) is 0 Å². The lowest BCUT2D eigenvalue weighted by Gasteiger charge is -2.35. The van der Waals surface area contributed by atoms with E-state index in [0.29, 0.717) is 28.2 Å². The van der Waals surface area contributed by atoms with Crippen molar-refractivity contribution in [2.45, 2.75) is 43.5 Å². The molecule has 4 atom stereocenters. The molecular weight excluding hydrogens is 504 g/mol. The molecule has 6 nitrogen and oxygen atoms in total. The van der Waals surface area contributed by atoms with Gasteiger partial charge in [0.1, 0.15) is 0 Å². The maximum absolute atomic E-state index is 10.1. The van der Waals surface area contributed by atoms with Crippen LogP contribution in [0.4, 0.5) is 0 Å². The fourth-order valence-corrected chi connectivity index (χ4v) is 7.78. The number of aliphatic hydroxyl groups is 1. The van der Waals surface area contributed by atoms with Gasteiger partial charge in [-0.1, -0.05) is 26.8 Å². The van der Waals surface area contributed by atoms with E-state index in [9.17, 15) is 10.2 Å². The minimum atomic E-state index is -0.637. The number of aliphatic hydroxyl groups excluding tert-OH is 1. The lowest BCUT2D eigenvalue weighted by atomic mass is 10.0. The molecule has 0 saturated heterocycles. The number of aromatic hydroxyl groups is 1. The Morgan fingerprint density at radius 2 is 1.69 bits per heavy atom. The van der Waals surface area contributed by atoms with E-state index in [-0.39, 0.29) is 17.6 Å². The standard InChI is InChI=1S/C26H36O6S3/c1-6-33-15-23(34-7-2)26(35-8-3)17-12-20(30-5)25-21(13-17)31-24(22(14-27)32-25)16-9-10-18(28)19(11-16)29-4/h9-13,22-24,26-28H,6-8,14-15H2,1-5H3. The Kier molecular flexibility index (Phi) is 10.9. The second-order valence-corrected chi connectivity index (χ2v) is 12.1. The van der Waals surface area contributed by atoms with Gasteiger partial charge in [0.15, 0.2) is 35.2 Å². The molecule has 3 rings (SSSR count). The summed E-state index contributed by atoms with van der Waals surface area (Å²) < 4.78 is 23.7. The molecule has 0 saturated carbocycles. The van der Waals surface area contributed by atoms with E-state index in [1.807, 2.05) is 41.4 Å². The fraction of sp³-hybridized carbons (Fsp3) is 0.538. The second-order valence-electron chi connectivity index (χ2n) is 7.89. The van der Waals surface area contributed by atoms with Crippen LogP contribution in [0.3, 0.4) is 0 Å². The van der Waals surface area contributed by atoms with Crippen LogP contribution in [-0.2, 0) is 0 Å². The topological polar surface area (TPSA) is 77.4 Å². The van der Waals surface area contributed by atoms with Crippen LogP contribution in [-0.4, -0.2) is 65.4 Å². The van der Waals surface area contributed by atoms with Gasteiger partial charge in [-0.05, 0) is 47.1 Å². The number of phenolic OH excluding ortho intramolecular Hbond substituents is 1. The number of benzene rings is 2. The lowest BCUT2D eigenvalue weighted by molar-refractivity contribution is -0.0142. The molecule has 0 amide bonds. The summed E-state index contributed by atoms with van der Waals surface area (Å²) in [4.78, 5) is 0. The molecule has 0 spiro atoms. The largest absolute Gasteiger partial charge is 0.504 e. The highest BCUT2D eigenvalue weighted by molar-refractivity contribution is 8.05. The highest BCUT2D eigenvalue weighted by atomic mass is 32.2. The Morgan fingerprint density at radius 3 is 2.31 bits per heavy atom. The molecule has 0 fully saturated rings. The second kappa shape index (κ2) is 13.7. The van der Waals surface area contributed by atoms with Crippen molar-refractivity contribution in [2.24, 2.45) is 0 Å². The smallest absolute Gasteiger partial charge is 0.204 e. The molecule has 1 aliphatic heterocycles. The van der Waals surface area contributed by atoms with E-state index < -0.39 is 12.2 Å². The summed E-state index contributed by atoms with van der Waals surface area (Å²) >= 11 is 5.90. The van der Waals surface area contributed by atoms with Gasteiger partial charge in [-0.3, -0.25) is 0 Å². The van der Waals surface area contributed by atoms with Crippen LogP contribution in [0.1, 0.15) is 43.3 Å². The van der Waals surface area contributed by atoms with E-state index in [4.69, 9.17) is 18.9 Å². The molecule has 35 heavy (non-hydrogen) atoms. The molecule has 9 heteroatoms. The average Bonchev–Trinajstić information content (AvgIpc) is 2.88. The van der Waals surface area contributed by atoms with Crippen LogP contribution in [0, 0.1) is 0 Å². The SMILES string of the molecule is CCSCC(SCC)C(SCC)c1cc(OC)c2c(c1)OC(c1ccc(O)c(OC)c1)C(CO)O2. The van der Waals surface area contributed by atoms with Crippen molar-refractivity contribution in [3.63, 3.8) is 0 Å². The molecule has 2 aromatic carbocycles.